The second-order valence-electron chi connectivity index (χ2n) is 9.34. The molecule has 0 spiro atoms. The molecule has 1 atom stereocenters. The van der Waals surface area contributed by atoms with E-state index in [-0.39, 0.29) is 11.8 Å². The molecule has 6 nitrogen and oxygen atoms in total. The maximum atomic E-state index is 12.8. The summed E-state index contributed by atoms with van der Waals surface area (Å²) in [7, 11) is 0. The number of amides is 1. The normalized spacial score (nSPS) is 20.0. The predicted octanol–water partition coefficient (Wildman–Crippen LogP) is 3.86. The third-order valence-electron chi connectivity index (χ3n) is 6.90. The lowest BCUT2D eigenvalue weighted by molar-refractivity contribution is -0.125. The summed E-state index contributed by atoms with van der Waals surface area (Å²) in [5, 5.41) is 12.1. The van der Waals surface area contributed by atoms with Gasteiger partial charge in [0.15, 0.2) is 11.6 Å². The number of benzene rings is 1. The zero-order valence-electron chi connectivity index (χ0n) is 19.1. The van der Waals surface area contributed by atoms with Crippen LogP contribution in [0.5, 0.6) is 0 Å². The minimum Gasteiger partial charge on any atom is -0.355 e. The molecule has 0 bridgehead atoms. The highest BCUT2D eigenvalue weighted by Gasteiger charge is 2.27. The number of rotatable bonds is 5. The van der Waals surface area contributed by atoms with E-state index in [0.29, 0.717) is 13.1 Å². The maximum absolute atomic E-state index is 12.8. The Labute approximate surface area is 186 Å². The zero-order chi connectivity index (χ0) is 21.8. The van der Waals surface area contributed by atoms with Gasteiger partial charge >= 0.3 is 0 Å². The van der Waals surface area contributed by atoms with E-state index in [1.165, 1.54) is 24.0 Å². The van der Waals surface area contributed by atoms with Crippen molar-refractivity contribution in [2.45, 2.75) is 53.0 Å². The molecule has 0 saturated carbocycles. The van der Waals surface area contributed by atoms with Crippen molar-refractivity contribution in [3.05, 3.63) is 47.0 Å². The van der Waals surface area contributed by atoms with Gasteiger partial charge in [0, 0.05) is 32.7 Å². The van der Waals surface area contributed by atoms with Crippen LogP contribution in [0.2, 0.25) is 0 Å². The van der Waals surface area contributed by atoms with Gasteiger partial charge in [-0.25, -0.2) is 0 Å². The molecule has 0 aliphatic carbocycles. The van der Waals surface area contributed by atoms with Crippen molar-refractivity contribution in [3.63, 3.8) is 0 Å². The molecular formula is C25H35N5O. The lowest BCUT2D eigenvalue weighted by Gasteiger charge is -2.33. The van der Waals surface area contributed by atoms with Gasteiger partial charge in [0.1, 0.15) is 0 Å². The second-order valence-corrected chi connectivity index (χ2v) is 9.34. The third-order valence-corrected chi connectivity index (χ3v) is 6.90. The van der Waals surface area contributed by atoms with Crippen LogP contribution in [0.25, 0.3) is 0 Å². The first-order chi connectivity index (χ1) is 15.0. The summed E-state index contributed by atoms with van der Waals surface area (Å²) in [5.74, 6) is 2.77. The Bertz CT molecular complexity index is 889. The van der Waals surface area contributed by atoms with Crippen LogP contribution >= 0.6 is 0 Å². The van der Waals surface area contributed by atoms with Crippen molar-refractivity contribution in [1.82, 2.24) is 15.5 Å². The van der Waals surface area contributed by atoms with E-state index in [0.717, 1.165) is 55.6 Å². The number of nitrogens with one attached hydrogen (secondary N) is 1. The van der Waals surface area contributed by atoms with Crippen molar-refractivity contribution < 1.29 is 4.79 Å². The molecule has 31 heavy (non-hydrogen) atoms. The smallest absolute Gasteiger partial charge is 0.225 e. The highest BCUT2D eigenvalue weighted by atomic mass is 16.1. The van der Waals surface area contributed by atoms with Gasteiger partial charge in [-0.2, -0.15) is 0 Å². The predicted molar refractivity (Wildman–Crippen MR) is 125 cm³/mol. The number of hydrogen-bond donors (Lipinski definition) is 1. The first kappa shape index (κ1) is 21.6. The van der Waals surface area contributed by atoms with Gasteiger partial charge in [0.2, 0.25) is 5.91 Å². The molecule has 2 aliphatic heterocycles. The molecule has 2 aliphatic rings. The number of aryl methyl sites for hydroxylation is 2. The highest BCUT2D eigenvalue weighted by molar-refractivity contribution is 5.79. The van der Waals surface area contributed by atoms with Gasteiger partial charge in [-0.3, -0.25) is 4.79 Å². The fourth-order valence-corrected chi connectivity index (χ4v) is 4.54. The summed E-state index contributed by atoms with van der Waals surface area (Å²) in [4.78, 5) is 17.3. The third kappa shape index (κ3) is 5.35. The average molecular weight is 422 g/mol. The standard InChI is InChI=1S/C25H35N5O/c1-18-10-13-29(14-11-18)23-8-9-24(28-27-23)30-12-4-5-22(17-30)25(31)26-16-21-7-6-19(2)20(3)15-21/h6-9,15,18,22H,4-5,10-14,16-17H2,1-3H3,(H,26,31). The van der Waals surface area contributed by atoms with Crippen LogP contribution in [-0.4, -0.2) is 42.3 Å². The molecule has 2 aromatic rings. The molecule has 3 heterocycles. The fourth-order valence-electron chi connectivity index (χ4n) is 4.54. The van der Waals surface area contributed by atoms with Crippen LogP contribution in [0.15, 0.2) is 30.3 Å². The fraction of sp³-hybridized carbons (Fsp3) is 0.560. The number of hydrogen-bond acceptors (Lipinski definition) is 5. The highest BCUT2D eigenvalue weighted by Crippen LogP contribution is 2.25. The van der Waals surface area contributed by atoms with Crippen LogP contribution in [0, 0.1) is 25.7 Å². The number of nitrogens with zero attached hydrogens (tertiary/aromatic N) is 4. The topological polar surface area (TPSA) is 61.4 Å². The molecule has 1 unspecified atom stereocenters. The van der Waals surface area contributed by atoms with E-state index in [1.54, 1.807) is 0 Å². The largest absolute Gasteiger partial charge is 0.355 e. The summed E-state index contributed by atoms with van der Waals surface area (Å²) in [5.41, 5.74) is 3.69. The molecule has 2 fully saturated rings. The van der Waals surface area contributed by atoms with Crippen LogP contribution in [0.1, 0.15) is 49.3 Å². The minimum atomic E-state index is -0.00893. The van der Waals surface area contributed by atoms with Crippen LogP contribution in [0.4, 0.5) is 11.6 Å². The molecule has 2 saturated heterocycles. The second kappa shape index (κ2) is 9.67. The zero-order valence-corrected chi connectivity index (χ0v) is 19.1. The summed E-state index contributed by atoms with van der Waals surface area (Å²) in [6.07, 6.45) is 4.35. The van der Waals surface area contributed by atoms with E-state index in [2.05, 4.69) is 76.4 Å². The van der Waals surface area contributed by atoms with Crippen molar-refractivity contribution in [1.29, 1.82) is 0 Å². The average Bonchev–Trinajstić information content (AvgIpc) is 2.80. The SMILES string of the molecule is Cc1ccc(CNC(=O)C2CCCN(c3ccc(N4CCC(C)CC4)nn3)C2)cc1C. The summed E-state index contributed by atoms with van der Waals surface area (Å²) in [6, 6.07) is 10.5. The first-order valence-corrected chi connectivity index (χ1v) is 11.7. The first-order valence-electron chi connectivity index (χ1n) is 11.7. The van der Waals surface area contributed by atoms with Crippen LogP contribution in [0.3, 0.4) is 0 Å². The molecule has 166 valence electrons. The molecule has 6 heteroatoms. The Hall–Kier alpha value is -2.63. The van der Waals surface area contributed by atoms with Crippen molar-refractivity contribution >= 4 is 17.5 Å². The lowest BCUT2D eigenvalue weighted by atomic mass is 9.97. The number of piperidine rings is 2. The Morgan fingerprint density at radius 2 is 1.68 bits per heavy atom. The molecule has 1 N–H and O–H groups in total. The van der Waals surface area contributed by atoms with Gasteiger partial charge in [0.25, 0.3) is 0 Å². The Morgan fingerprint density at radius 1 is 0.968 bits per heavy atom. The Morgan fingerprint density at radius 3 is 2.35 bits per heavy atom. The van der Waals surface area contributed by atoms with Gasteiger partial charge in [-0.15, -0.1) is 10.2 Å². The number of carbonyl (C=O) groups is 1. The number of aromatic nitrogens is 2. The van der Waals surface area contributed by atoms with E-state index >= 15 is 0 Å². The lowest BCUT2D eigenvalue weighted by Crippen LogP contribution is -2.43. The summed E-state index contributed by atoms with van der Waals surface area (Å²) < 4.78 is 0. The molecular weight excluding hydrogens is 386 g/mol. The van der Waals surface area contributed by atoms with Gasteiger partial charge in [0.05, 0.1) is 5.92 Å². The number of anilines is 2. The van der Waals surface area contributed by atoms with E-state index in [4.69, 9.17) is 0 Å². The monoisotopic (exact) mass is 421 g/mol. The summed E-state index contributed by atoms with van der Waals surface area (Å²) in [6.45, 7) is 10.9. The molecule has 1 aromatic carbocycles. The van der Waals surface area contributed by atoms with Crippen molar-refractivity contribution in [2.75, 3.05) is 36.0 Å². The Balaban J connectivity index is 1.32. The molecule has 4 rings (SSSR count). The van der Waals surface area contributed by atoms with E-state index < -0.39 is 0 Å². The molecule has 1 amide bonds. The Kier molecular flexibility index (Phi) is 6.73. The van der Waals surface area contributed by atoms with Crippen LogP contribution in [-0.2, 0) is 11.3 Å². The van der Waals surface area contributed by atoms with Crippen molar-refractivity contribution in [2.24, 2.45) is 11.8 Å². The number of carbonyl (C=O) groups excluding carboxylic acids is 1. The maximum Gasteiger partial charge on any atom is 0.225 e. The van der Waals surface area contributed by atoms with Crippen molar-refractivity contribution in [3.8, 4) is 0 Å². The van der Waals surface area contributed by atoms with E-state index in [9.17, 15) is 4.79 Å². The minimum absolute atomic E-state index is 0.00893. The van der Waals surface area contributed by atoms with E-state index in [1.807, 2.05) is 0 Å². The molecule has 0 radical (unpaired) electrons. The van der Waals surface area contributed by atoms with Gasteiger partial charge in [-0.05, 0) is 74.3 Å². The quantitative estimate of drug-likeness (QED) is 0.794. The van der Waals surface area contributed by atoms with Crippen LogP contribution < -0.4 is 15.1 Å². The molecule has 1 aromatic heterocycles. The van der Waals surface area contributed by atoms with Gasteiger partial charge in [-0.1, -0.05) is 25.1 Å². The summed E-state index contributed by atoms with van der Waals surface area (Å²) >= 11 is 0. The van der Waals surface area contributed by atoms with Gasteiger partial charge < -0.3 is 15.1 Å².